The first kappa shape index (κ1) is 16.7. The zero-order chi connectivity index (χ0) is 17.4. The lowest BCUT2D eigenvalue weighted by molar-refractivity contribution is -0.0534. The summed E-state index contributed by atoms with van der Waals surface area (Å²) in [6, 6.07) is 3.07. The molecule has 4 nitrogen and oxygen atoms in total. The lowest BCUT2D eigenvalue weighted by Gasteiger charge is -2.48. The summed E-state index contributed by atoms with van der Waals surface area (Å²) >= 11 is 12.3. The van der Waals surface area contributed by atoms with Crippen molar-refractivity contribution in [3.8, 4) is 0 Å². The minimum atomic E-state index is -0.313. The molecule has 3 atom stereocenters. The van der Waals surface area contributed by atoms with Gasteiger partial charge >= 0.3 is 0 Å². The van der Waals surface area contributed by atoms with Gasteiger partial charge in [0, 0.05) is 6.20 Å². The van der Waals surface area contributed by atoms with E-state index in [1.165, 1.54) is 6.20 Å². The summed E-state index contributed by atoms with van der Waals surface area (Å²) in [4.78, 5) is 19.4. The Kier molecular flexibility index (Phi) is 4.57. The van der Waals surface area contributed by atoms with E-state index in [0.29, 0.717) is 21.5 Å². The van der Waals surface area contributed by atoms with E-state index < -0.39 is 0 Å². The molecular weight excluding hydrogens is 359 g/mol. The van der Waals surface area contributed by atoms with Crippen molar-refractivity contribution >= 4 is 29.1 Å². The Morgan fingerprint density at radius 1 is 1.20 bits per heavy atom. The minimum Gasteiger partial charge on any atom is -0.489 e. The van der Waals surface area contributed by atoms with Gasteiger partial charge in [-0.05, 0) is 37.5 Å². The van der Waals surface area contributed by atoms with Gasteiger partial charge in [0.2, 0.25) is 0 Å². The summed E-state index contributed by atoms with van der Waals surface area (Å²) in [5.74, 6) is 0.535. The number of halogens is 2. The van der Waals surface area contributed by atoms with Gasteiger partial charge in [0.15, 0.2) is 0 Å². The quantitative estimate of drug-likeness (QED) is 0.726. The van der Waals surface area contributed by atoms with E-state index >= 15 is 0 Å². The number of carbonyl (C=O) groups is 1. The zero-order valence-electron chi connectivity index (χ0n) is 13.6. The third-order valence-corrected chi connectivity index (χ3v) is 5.47. The summed E-state index contributed by atoms with van der Waals surface area (Å²) in [7, 11) is 0. The normalized spacial score (nSPS) is 28.1. The standard InChI is InChI=1S/C19H18Cl2N2O2/c20-12-9-10-14(22-11-12)19(24)23-15-6-3-4-8-17(15)25-18-13(21)5-1-2-7-16(18)23/h1-2,5,7,9-11,15-17H,3-4,6,8H2/t15-,16+,17-/m1/s1. The van der Waals surface area contributed by atoms with Gasteiger partial charge in [0.25, 0.3) is 5.91 Å². The maximum absolute atomic E-state index is 13.3. The van der Waals surface area contributed by atoms with Crippen LogP contribution in [0.5, 0.6) is 0 Å². The number of allylic oxidation sites excluding steroid dienone is 4. The third kappa shape index (κ3) is 3.09. The lowest BCUT2D eigenvalue weighted by atomic mass is 9.87. The number of aromatic nitrogens is 1. The predicted octanol–water partition coefficient (Wildman–Crippen LogP) is 4.46. The fraction of sp³-hybridized carbons (Fsp3) is 0.368. The first-order chi connectivity index (χ1) is 12.1. The molecule has 130 valence electrons. The molecule has 1 amide bonds. The van der Waals surface area contributed by atoms with Gasteiger partial charge in [0.1, 0.15) is 23.6 Å². The Balaban J connectivity index is 1.76. The molecule has 0 spiro atoms. The second-order valence-electron chi connectivity index (χ2n) is 6.48. The van der Waals surface area contributed by atoms with Crippen molar-refractivity contribution in [2.45, 2.75) is 43.9 Å². The number of hydrogen-bond acceptors (Lipinski definition) is 3. The number of morpholine rings is 1. The molecule has 4 rings (SSSR count). The maximum atomic E-state index is 13.3. The topological polar surface area (TPSA) is 42.4 Å². The SMILES string of the molecule is O=C(c1ccc(Cl)cn1)N1[C@@H]2CCCC[C@H]2OC2=C(Cl)C=CC=C[C@@H]21. The van der Waals surface area contributed by atoms with E-state index in [1.54, 1.807) is 18.2 Å². The van der Waals surface area contributed by atoms with Gasteiger partial charge in [-0.25, -0.2) is 4.98 Å². The van der Waals surface area contributed by atoms with Crippen molar-refractivity contribution in [1.82, 2.24) is 9.88 Å². The molecule has 0 unspecified atom stereocenters. The Hall–Kier alpha value is -1.78. The maximum Gasteiger partial charge on any atom is 0.273 e. The second-order valence-corrected chi connectivity index (χ2v) is 7.33. The van der Waals surface area contributed by atoms with Crippen molar-refractivity contribution in [3.63, 3.8) is 0 Å². The third-order valence-electron chi connectivity index (χ3n) is 4.94. The molecule has 2 heterocycles. The molecule has 6 heteroatoms. The molecule has 1 aromatic rings. The largest absolute Gasteiger partial charge is 0.489 e. The van der Waals surface area contributed by atoms with Crippen LogP contribution in [0.2, 0.25) is 5.02 Å². The lowest BCUT2D eigenvalue weighted by Crippen LogP contribution is -2.58. The Bertz CT molecular complexity index is 770. The second kappa shape index (κ2) is 6.85. The molecule has 2 fully saturated rings. The number of pyridine rings is 1. The Labute approximate surface area is 156 Å². The smallest absolute Gasteiger partial charge is 0.273 e. The van der Waals surface area contributed by atoms with Crippen molar-refractivity contribution in [1.29, 1.82) is 0 Å². The highest BCUT2D eigenvalue weighted by atomic mass is 35.5. The fourth-order valence-corrected chi connectivity index (χ4v) is 4.12. The van der Waals surface area contributed by atoms with Crippen molar-refractivity contribution in [2.75, 3.05) is 0 Å². The molecule has 1 aromatic heterocycles. The molecule has 0 N–H and O–H groups in total. The van der Waals surface area contributed by atoms with Crippen LogP contribution in [-0.2, 0) is 4.74 Å². The summed E-state index contributed by atoms with van der Waals surface area (Å²) in [5.41, 5.74) is 0.386. The molecule has 25 heavy (non-hydrogen) atoms. The van der Waals surface area contributed by atoms with E-state index in [1.807, 2.05) is 23.1 Å². The summed E-state index contributed by atoms with van der Waals surface area (Å²) < 4.78 is 6.23. The zero-order valence-corrected chi connectivity index (χ0v) is 15.1. The number of fused-ring (bicyclic) bond motifs is 2. The molecule has 0 bridgehead atoms. The van der Waals surface area contributed by atoms with E-state index in [0.717, 1.165) is 25.7 Å². The van der Waals surface area contributed by atoms with Gasteiger partial charge in [-0.2, -0.15) is 0 Å². The molecule has 1 saturated carbocycles. The van der Waals surface area contributed by atoms with Crippen molar-refractivity contribution in [3.05, 3.63) is 64.1 Å². The Morgan fingerprint density at radius 2 is 2.04 bits per heavy atom. The van der Waals surface area contributed by atoms with Crippen LogP contribution in [0, 0.1) is 0 Å². The highest BCUT2D eigenvalue weighted by Gasteiger charge is 2.45. The first-order valence-corrected chi connectivity index (χ1v) is 9.26. The summed E-state index contributed by atoms with van der Waals surface area (Å²) in [6.07, 6.45) is 13.0. The molecule has 1 saturated heterocycles. The predicted molar refractivity (Wildman–Crippen MR) is 97.5 cm³/mol. The number of amides is 1. The van der Waals surface area contributed by atoms with Crippen molar-refractivity contribution < 1.29 is 9.53 Å². The van der Waals surface area contributed by atoms with Crippen LogP contribution < -0.4 is 0 Å². The minimum absolute atomic E-state index is 0.0232. The van der Waals surface area contributed by atoms with Gasteiger partial charge in [0.05, 0.1) is 16.1 Å². The number of ether oxygens (including phenoxy) is 1. The Morgan fingerprint density at radius 3 is 2.84 bits per heavy atom. The van der Waals surface area contributed by atoms with Gasteiger partial charge < -0.3 is 9.64 Å². The number of rotatable bonds is 1. The van der Waals surface area contributed by atoms with E-state index in [-0.39, 0.29) is 24.1 Å². The highest BCUT2D eigenvalue weighted by molar-refractivity contribution is 6.31. The van der Waals surface area contributed by atoms with Crippen LogP contribution in [0.4, 0.5) is 0 Å². The van der Waals surface area contributed by atoms with Crippen LogP contribution >= 0.6 is 23.2 Å². The molecular formula is C19H18Cl2N2O2. The molecule has 3 aliphatic rings. The fourth-order valence-electron chi connectivity index (χ4n) is 3.78. The molecule has 0 aromatic carbocycles. The summed E-state index contributed by atoms with van der Waals surface area (Å²) in [5, 5.41) is 1.05. The molecule has 2 aliphatic carbocycles. The average molecular weight is 377 g/mol. The van der Waals surface area contributed by atoms with Crippen LogP contribution in [-0.4, -0.2) is 34.0 Å². The van der Waals surface area contributed by atoms with E-state index in [9.17, 15) is 4.79 Å². The number of hydrogen-bond donors (Lipinski definition) is 0. The molecule has 1 aliphatic heterocycles. The highest BCUT2D eigenvalue weighted by Crippen LogP contribution is 2.39. The number of carbonyl (C=O) groups excluding carboxylic acids is 1. The van der Waals surface area contributed by atoms with Crippen LogP contribution in [0.3, 0.4) is 0 Å². The van der Waals surface area contributed by atoms with Crippen LogP contribution in [0.25, 0.3) is 0 Å². The summed E-state index contributed by atoms with van der Waals surface area (Å²) in [6.45, 7) is 0. The van der Waals surface area contributed by atoms with Gasteiger partial charge in [-0.3, -0.25) is 4.79 Å². The van der Waals surface area contributed by atoms with Crippen LogP contribution in [0.1, 0.15) is 36.2 Å². The van der Waals surface area contributed by atoms with E-state index in [2.05, 4.69) is 4.98 Å². The average Bonchev–Trinajstić information content (AvgIpc) is 2.81. The van der Waals surface area contributed by atoms with E-state index in [4.69, 9.17) is 27.9 Å². The van der Waals surface area contributed by atoms with Gasteiger partial charge in [-0.1, -0.05) is 47.9 Å². The van der Waals surface area contributed by atoms with Crippen LogP contribution in [0.15, 0.2) is 53.4 Å². The monoisotopic (exact) mass is 376 g/mol. The number of nitrogens with zero attached hydrogens (tertiary/aromatic N) is 2. The van der Waals surface area contributed by atoms with Gasteiger partial charge in [-0.15, -0.1) is 0 Å². The molecule has 0 radical (unpaired) electrons. The first-order valence-electron chi connectivity index (χ1n) is 8.50. The van der Waals surface area contributed by atoms with Crippen molar-refractivity contribution in [2.24, 2.45) is 0 Å².